The van der Waals surface area contributed by atoms with Crippen LogP contribution >= 0.6 is 0 Å². The standard InChI is InChI=1S/C23H20FN5O/c24-17-8-6-15(7-9-17)20-12-25-21(26-20)14-29-11-10-19-18(13-29)23(30)28-22(27-19)16-4-2-1-3-5-16/h1-9,12H,10-11,13-14H2,(H,25,26)(H,27,28,30). The Labute approximate surface area is 172 Å². The number of hydrogen-bond donors (Lipinski definition) is 2. The molecule has 0 radical (unpaired) electrons. The molecular weight excluding hydrogens is 381 g/mol. The number of H-pyrrole nitrogens is 2. The Morgan fingerprint density at radius 3 is 2.60 bits per heavy atom. The highest BCUT2D eigenvalue weighted by Gasteiger charge is 2.22. The maximum absolute atomic E-state index is 13.1. The minimum absolute atomic E-state index is 0.0880. The molecule has 3 heterocycles. The zero-order valence-corrected chi connectivity index (χ0v) is 16.2. The Hall–Kier alpha value is -3.58. The lowest BCUT2D eigenvalue weighted by atomic mass is 10.1. The van der Waals surface area contributed by atoms with Gasteiger partial charge in [0.1, 0.15) is 17.5 Å². The predicted molar refractivity (Wildman–Crippen MR) is 112 cm³/mol. The third kappa shape index (κ3) is 3.67. The first-order valence-corrected chi connectivity index (χ1v) is 9.85. The monoisotopic (exact) mass is 401 g/mol. The van der Waals surface area contributed by atoms with Gasteiger partial charge < -0.3 is 9.97 Å². The third-order valence-electron chi connectivity index (χ3n) is 5.35. The number of halogens is 1. The van der Waals surface area contributed by atoms with E-state index in [0.29, 0.717) is 30.9 Å². The van der Waals surface area contributed by atoms with E-state index in [1.54, 1.807) is 18.3 Å². The number of hydrogen-bond acceptors (Lipinski definition) is 4. The van der Waals surface area contributed by atoms with E-state index in [2.05, 4.69) is 19.9 Å². The average molecular weight is 401 g/mol. The Balaban J connectivity index is 1.33. The van der Waals surface area contributed by atoms with Gasteiger partial charge in [-0.1, -0.05) is 30.3 Å². The van der Waals surface area contributed by atoms with E-state index < -0.39 is 0 Å². The molecule has 6 nitrogen and oxygen atoms in total. The van der Waals surface area contributed by atoms with Crippen molar-refractivity contribution in [3.8, 4) is 22.6 Å². The van der Waals surface area contributed by atoms with Crippen LogP contribution in [-0.2, 0) is 19.5 Å². The zero-order chi connectivity index (χ0) is 20.5. The lowest BCUT2D eigenvalue weighted by Crippen LogP contribution is -2.35. The lowest BCUT2D eigenvalue weighted by molar-refractivity contribution is 0.236. The van der Waals surface area contributed by atoms with Crippen molar-refractivity contribution in [2.75, 3.05) is 6.54 Å². The van der Waals surface area contributed by atoms with Gasteiger partial charge in [0.2, 0.25) is 0 Å². The highest BCUT2D eigenvalue weighted by atomic mass is 19.1. The van der Waals surface area contributed by atoms with E-state index in [0.717, 1.165) is 34.9 Å². The number of imidazole rings is 1. The maximum atomic E-state index is 13.1. The molecule has 2 aromatic carbocycles. The van der Waals surface area contributed by atoms with Gasteiger partial charge in [-0.25, -0.2) is 14.4 Å². The fourth-order valence-corrected chi connectivity index (χ4v) is 3.78. The van der Waals surface area contributed by atoms with Gasteiger partial charge in [-0.3, -0.25) is 9.69 Å². The molecule has 30 heavy (non-hydrogen) atoms. The van der Waals surface area contributed by atoms with E-state index in [9.17, 15) is 9.18 Å². The molecule has 5 rings (SSSR count). The molecule has 0 saturated carbocycles. The molecule has 1 aliphatic rings. The van der Waals surface area contributed by atoms with Crippen LogP contribution in [0.2, 0.25) is 0 Å². The quantitative estimate of drug-likeness (QED) is 0.549. The van der Waals surface area contributed by atoms with E-state index in [4.69, 9.17) is 4.98 Å². The minimum atomic E-state index is -0.264. The van der Waals surface area contributed by atoms with Crippen molar-refractivity contribution < 1.29 is 4.39 Å². The molecule has 0 fully saturated rings. The first-order chi connectivity index (χ1) is 14.7. The van der Waals surface area contributed by atoms with Crippen LogP contribution in [0.4, 0.5) is 4.39 Å². The van der Waals surface area contributed by atoms with Crippen molar-refractivity contribution >= 4 is 0 Å². The van der Waals surface area contributed by atoms with Crippen molar-refractivity contribution in [3.05, 3.63) is 94.0 Å². The second kappa shape index (κ2) is 7.68. The summed E-state index contributed by atoms with van der Waals surface area (Å²) in [4.78, 5) is 30.2. The fraction of sp³-hybridized carbons (Fsp3) is 0.174. The van der Waals surface area contributed by atoms with Gasteiger partial charge in [0.25, 0.3) is 5.56 Å². The minimum Gasteiger partial charge on any atom is -0.341 e. The molecule has 0 saturated heterocycles. The fourth-order valence-electron chi connectivity index (χ4n) is 3.78. The first-order valence-electron chi connectivity index (χ1n) is 9.85. The smallest absolute Gasteiger partial charge is 0.255 e. The first kappa shape index (κ1) is 18.4. The highest BCUT2D eigenvalue weighted by Crippen LogP contribution is 2.21. The molecule has 7 heteroatoms. The molecule has 0 aliphatic carbocycles. The van der Waals surface area contributed by atoms with Gasteiger partial charge in [-0.05, 0) is 29.8 Å². The van der Waals surface area contributed by atoms with Gasteiger partial charge in [-0.2, -0.15) is 0 Å². The molecule has 0 unspecified atom stereocenters. The summed E-state index contributed by atoms with van der Waals surface area (Å²) >= 11 is 0. The molecule has 0 atom stereocenters. The van der Waals surface area contributed by atoms with Crippen LogP contribution in [0.1, 0.15) is 17.1 Å². The summed E-state index contributed by atoms with van der Waals surface area (Å²) in [5, 5.41) is 0. The Bertz CT molecular complexity index is 1230. The van der Waals surface area contributed by atoms with E-state index in [1.165, 1.54) is 12.1 Å². The highest BCUT2D eigenvalue weighted by molar-refractivity contribution is 5.58. The summed E-state index contributed by atoms with van der Waals surface area (Å²) in [5.74, 6) is 1.16. The molecule has 2 N–H and O–H groups in total. The summed E-state index contributed by atoms with van der Waals surface area (Å²) in [6.07, 6.45) is 2.46. The average Bonchev–Trinajstić information content (AvgIpc) is 3.23. The molecule has 4 aromatic rings. The molecule has 1 aliphatic heterocycles. The van der Waals surface area contributed by atoms with Gasteiger partial charge in [0.05, 0.1) is 29.7 Å². The van der Waals surface area contributed by atoms with Crippen LogP contribution in [-0.4, -0.2) is 31.4 Å². The molecule has 0 amide bonds. The summed E-state index contributed by atoms with van der Waals surface area (Å²) < 4.78 is 13.1. The van der Waals surface area contributed by atoms with Crippen LogP contribution in [0.3, 0.4) is 0 Å². The number of rotatable bonds is 4. The van der Waals surface area contributed by atoms with Gasteiger partial charge in [0.15, 0.2) is 0 Å². The van der Waals surface area contributed by atoms with Crippen LogP contribution in [0, 0.1) is 5.82 Å². The topological polar surface area (TPSA) is 77.7 Å². The third-order valence-corrected chi connectivity index (χ3v) is 5.35. The van der Waals surface area contributed by atoms with Crippen LogP contribution in [0.25, 0.3) is 22.6 Å². The normalized spacial score (nSPS) is 13.9. The van der Waals surface area contributed by atoms with Crippen LogP contribution < -0.4 is 5.56 Å². The summed E-state index contributed by atoms with van der Waals surface area (Å²) in [7, 11) is 0. The number of nitrogens with one attached hydrogen (secondary N) is 2. The summed E-state index contributed by atoms with van der Waals surface area (Å²) in [5.41, 5.74) is 4.12. The second-order valence-electron chi connectivity index (χ2n) is 7.42. The number of benzene rings is 2. The van der Waals surface area contributed by atoms with Gasteiger partial charge >= 0.3 is 0 Å². The summed E-state index contributed by atoms with van der Waals surface area (Å²) in [6.45, 7) is 1.92. The van der Waals surface area contributed by atoms with Crippen molar-refractivity contribution in [1.29, 1.82) is 0 Å². The molecule has 2 aromatic heterocycles. The van der Waals surface area contributed by atoms with Gasteiger partial charge in [0, 0.05) is 25.1 Å². The van der Waals surface area contributed by atoms with E-state index in [-0.39, 0.29) is 11.4 Å². The summed E-state index contributed by atoms with van der Waals surface area (Å²) in [6, 6.07) is 16.0. The largest absolute Gasteiger partial charge is 0.341 e. The molecular formula is C23H20FN5O. The zero-order valence-electron chi connectivity index (χ0n) is 16.2. The Morgan fingerprint density at radius 2 is 1.80 bits per heavy atom. The van der Waals surface area contributed by atoms with Crippen molar-refractivity contribution in [3.63, 3.8) is 0 Å². The second-order valence-corrected chi connectivity index (χ2v) is 7.42. The van der Waals surface area contributed by atoms with Crippen molar-refractivity contribution in [2.45, 2.75) is 19.5 Å². The Morgan fingerprint density at radius 1 is 1.00 bits per heavy atom. The lowest BCUT2D eigenvalue weighted by Gasteiger charge is -2.26. The molecule has 0 spiro atoms. The number of aromatic amines is 2. The maximum Gasteiger partial charge on any atom is 0.255 e. The van der Waals surface area contributed by atoms with Crippen LogP contribution in [0.5, 0.6) is 0 Å². The van der Waals surface area contributed by atoms with Crippen molar-refractivity contribution in [2.24, 2.45) is 0 Å². The van der Waals surface area contributed by atoms with E-state index in [1.807, 2.05) is 30.3 Å². The molecule has 0 bridgehead atoms. The predicted octanol–water partition coefficient (Wildman–Crippen LogP) is 3.52. The number of aromatic nitrogens is 4. The SMILES string of the molecule is O=c1[nH]c(-c2ccccc2)nc2c1CN(Cc1ncc(-c3ccc(F)cc3)[nH]1)CC2. The number of nitrogens with zero attached hydrogens (tertiary/aromatic N) is 3. The Kier molecular flexibility index (Phi) is 4.72. The van der Waals surface area contributed by atoms with Gasteiger partial charge in [-0.15, -0.1) is 0 Å². The van der Waals surface area contributed by atoms with Crippen molar-refractivity contribution in [1.82, 2.24) is 24.8 Å². The van der Waals surface area contributed by atoms with E-state index >= 15 is 0 Å². The molecule has 150 valence electrons. The number of fused-ring (bicyclic) bond motifs is 1. The van der Waals surface area contributed by atoms with Crippen LogP contribution in [0.15, 0.2) is 65.6 Å².